The maximum absolute atomic E-state index is 12.7. The van der Waals surface area contributed by atoms with Gasteiger partial charge in [-0.2, -0.15) is 0 Å². The van der Waals surface area contributed by atoms with Gasteiger partial charge in [0, 0.05) is 18.0 Å². The lowest BCUT2D eigenvalue weighted by Gasteiger charge is -2.35. The average molecular weight is 377 g/mol. The Bertz CT molecular complexity index is 919. The lowest BCUT2D eigenvalue weighted by atomic mass is 9.93. The number of fused-ring (bicyclic) bond motifs is 1. The van der Waals surface area contributed by atoms with Crippen LogP contribution in [-0.2, 0) is 17.8 Å². The van der Waals surface area contributed by atoms with Crippen LogP contribution < -0.4 is 5.32 Å². The summed E-state index contributed by atoms with van der Waals surface area (Å²) in [7, 11) is 0. The van der Waals surface area contributed by atoms with Crippen LogP contribution >= 0.6 is 11.3 Å². The Labute approximate surface area is 164 Å². The van der Waals surface area contributed by atoms with Crippen molar-refractivity contribution in [3.8, 4) is 0 Å². The van der Waals surface area contributed by atoms with Crippen LogP contribution in [0.2, 0.25) is 0 Å². The summed E-state index contributed by atoms with van der Waals surface area (Å²) in [5.74, 6) is 0.0814. The first-order valence-electron chi connectivity index (χ1n) is 9.39. The number of rotatable bonds is 5. The van der Waals surface area contributed by atoms with Crippen molar-refractivity contribution in [2.45, 2.75) is 25.9 Å². The van der Waals surface area contributed by atoms with Gasteiger partial charge in [0.2, 0.25) is 5.91 Å². The minimum absolute atomic E-state index is 0.0814. The molecule has 1 aromatic heterocycles. The Kier molecular flexibility index (Phi) is 5.37. The van der Waals surface area contributed by atoms with Crippen molar-refractivity contribution >= 4 is 17.2 Å². The van der Waals surface area contributed by atoms with Gasteiger partial charge in [-0.25, -0.2) is 0 Å². The molecule has 3 nitrogen and oxygen atoms in total. The van der Waals surface area contributed by atoms with Crippen molar-refractivity contribution < 1.29 is 4.79 Å². The monoisotopic (exact) mass is 376 g/mol. The van der Waals surface area contributed by atoms with Crippen molar-refractivity contribution in [3.63, 3.8) is 0 Å². The molecule has 3 aromatic rings. The van der Waals surface area contributed by atoms with Crippen LogP contribution in [0.15, 0.2) is 66.0 Å². The van der Waals surface area contributed by atoms with E-state index in [0.717, 1.165) is 13.0 Å². The highest BCUT2D eigenvalue weighted by Gasteiger charge is 2.30. The van der Waals surface area contributed by atoms with Crippen LogP contribution in [0.4, 0.5) is 0 Å². The first kappa shape index (κ1) is 18.0. The fourth-order valence-electron chi connectivity index (χ4n) is 3.81. The van der Waals surface area contributed by atoms with Crippen molar-refractivity contribution in [1.82, 2.24) is 10.2 Å². The molecule has 0 saturated heterocycles. The number of amides is 1. The first-order valence-corrected chi connectivity index (χ1v) is 10.3. The van der Waals surface area contributed by atoms with E-state index in [1.165, 1.54) is 27.1 Å². The number of carbonyl (C=O) groups excluding carboxylic acids is 1. The quantitative estimate of drug-likeness (QED) is 0.719. The van der Waals surface area contributed by atoms with E-state index < -0.39 is 0 Å². The molecule has 0 saturated carbocycles. The van der Waals surface area contributed by atoms with E-state index in [0.29, 0.717) is 13.1 Å². The zero-order valence-electron chi connectivity index (χ0n) is 15.5. The molecule has 4 rings (SSSR count). The maximum Gasteiger partial charge on any atom is 0.234 e. The van der Waals surface area contributed by atoms with Crippen LogP contribution in [0.25, 0.3) is 0 Å². The molecule has 138 valence electrons. The summed E-state index contributed by atoms with van der Waals surface area (Å²) < 4.78 is 0. The predicted molar refractivity (Wildman–Crippen MR) is 111 cm³/mol. The highest BCUT2D eigenvalue weighted by atomic mass is 32.1. The van der Waals surface area contributed by atoms with E-state index in [9.17, 15) is 4.79 Å². The highest BCUT2D eigenvalue weighted by molar-refractivity contribution is 7.10. The number of aryl methyl sites for hydroxylation is 1. The second-order valence-electron chi connectivity index (χ2n) is 7.04. The largest absolute Gasteiger partial charge is 0.351 e. The lowest BCUT2D eigenvalue weighted by Crippen LogP contribution is -2.42. The molecule has 0 spiro atoms. The minimum Gasteiger partial charge on any atom is -0.351 e. The van der Waals surface area contributed by atoms with Crippen molar-refractivity contribution in [2.24, 2.45) is 0 Å². The molecule has 27 heavy (non-hydrogen) atoms. The van der Waals surface area contributed by atoms with Crippen molar-refractivity contribution in [1.29, 1.82) is 0 Å². The van der Waals surface area contributed by atoms with Gasteiger partial charge < -0.3 is 5.32 Å². The Balaban J connectivity index is 1.49. The van der Waals surface area contributed by atoms with Gasteiger partial charge in [-0.05, 0) is 47.0 Å². The van der Waals surface area contributed by atoms with E-state index in [1.807, 2.05) is 29.5 Å². The fraction of sp³-hybridized carbons (Fsp3) is 0.261. The molecule has 1 N–H and O–H groups in total. The van der Waals surface area contributed by atoms with Gasteiger partial charge in [0.1, 0.15) is 0 Å². The Hall–Kier alpha value is -2.43. The van der Waals surface area contributed by atoms with Gasteiger partial charge >= 0.3 is 0 Å². The minimum atomic E-state index is 0.0814. The summed E-state index contributed by atoms with van der Waals surface area (Å²) in [5, 5.41) is 5.27. The molecule has 1 aliphatic heterocycles. The van der Waals surface area contributed by atoms with Crippen LogP contribution in [0.5, 0.6) is 0 Å². The lowest BCUT2D eigenvalue weighted by molar-refractivity contribution is -0.122. The van der Waals surface area contributed by atoms with Crippen LogP contribution in [0.3, 0.4) is 0 Å². The summed E-state index contributed by atoms with van der Waals surface area (Å²) in [4.78, 5) is 16.4. The third kappa shape index (κ3) is 3.97. The van der Waals surface area contributed by atoms with Gasteiger partial charge in [0.05, 0.1) is 12.6 Å². The number of hydrogen-bond acceptors (Lipinski definition) is 3. The molecular formula is C23H24N2OS. The zero-order chi connectivity index (χ0) is 18.6. The normalized spacial score (nSPS) is 16.7. The molecule has 2 aromatic carbocycles. The maximum atomic E-state index is 12.7. The second kappa shape index (κ2) is 8.07. The predicted octanol–water partition coefficient (Wildman–Crippen LogP) is 4.32. The van der Waals surface area contributed by atoms with Gasteiger partial charge in [0.25, 0.3) is 0 Å². The Morgan fingerprint density at radius 1 is 1.11 bits per heavy atom. The number of benzene rings is 2. The second-order valence-corrected chi connectivity index (χ2v) is 8.04. The Morgan fingerprint density at radius 2 is 1.89 bits per heavy atom. The summed E-state index contributed by atoms with van der Waals surface area (Å²) in [6.07, 6.45) is 1.02. The third-order valence-corrected chi connectivity index (χ3v) is 6.26. The molecule has 1 atom stereocenters. The zero-order valence-corrected chi connectivity index (χ0v) is 16.3. The van der Waals surface area contributed by atoms with Crippen molar-refractivity contribution in [2.75, 3.05) is 13.1 Å². The Morgan fingerprint density at radius 3 is 2.70 bits per heavy atom. The number of carbonyl (C=O) groups is 1. The summed E-state index contributed by atoms with van der Waals surface area (Å²) >= 11 is 1.83. The van der Waals surface area contributed by atoms with E-state index in [1.54, 1.807) is 0 Å². The van der Waals surface area contributed by atoms with Gasteiger partial charge in [-0.1, -0.05) is 54.6 Å². The van der Waals surface area contributed by atoms with Gasteiger partial charge in [0.15, 0.2) is 0 Å². The highest BCUT2D eigenvalue weighted by Crippen LogP contribution is 2.37. The van der Waals surface area contributed by atoms with Crippen LogP contribution in [0, 0.1) is 6.92 Å². The molecule has 0 bridgehead atoms. The topological polar surface area (TPSA) is 32.3 Å². The third-order valence-electron chi connectivity index (χ3n) is 5.26. The molecule has 0 fully saturated rings. The molecule has 0 aliphatic carbocycles. The molecular weight excluding hydrogens is 352 g/mol. The molecule has 4 heteroatoms. The first-order chi connectivity index (χ1) is 13.2. The van der Waals surface area contributed by atoms with E-state index >= 15 is 0 Å². The molecule has 1 unspecified atom stereocenters. The summed E-state index contributed by atoms with van der Waals surface area (Å²) in [6.45, 7) is 3.99. The van der Waals surface area contributed by atoms with E-state index in [2.05, 4.69) is 65.0 Å². The fourth-order valence-corrected chi connectivity index (χ4v) is 4.71. The van der Waals surface area contributed by atoms with Crippen LogP contribution in [0.1, 0.15) is 33.2 Å². The summed E-state index contributed by atoms with van der Waals surface area (Å²) in [5.41, 5.74) is 4.98. The van der Waals surface area contributed by atoms with Crippen molar-refractivity contribution in [3.05, 3.63) is 93.2 Å². The average Bonchev–Trinajstić information content (AvgIpc) is 3.16. The summed E-state index contributed by atoms with van der Waals surface area (Å²) in [6, 6.07) is 21.1. The van der Waals surface area contributed by atoms with E-state index in [4.69, 9.17) is 0 Å². The standard InChI is InChI=1S/C23H24N2OS/c1-17-7-5-6-10-19(17)15-24-22(26)16-25-13-11-21-20(12-14-27-21)23(25)18-8-3-2-4-9-18/h2-10,12,14,23H,11,13,15-16H2,1H3,(H,24,26). The molecule has 2 heterocycles. The molecule has 1 amide bonds. The van der Waals surface area contributed by atoms with Gasteiger partial charge in [-0.15, -0.1) is 11.3 Å². The molecule has 0 radical (unpaired) electrons. The van der Waals surface area contributed by atoms with Crippen LogP contribution in [-0.4, -0.2) is 23.9 Å². The molecule has 1 aliphatic rings. The number of hydrogen-bond donors (Lipinski definition) is 1. The number of nitrogens with zero attached hydrogens (tertiary/aromatic N) is 1. The van der Waals surface area contributed by atoms with Gasteiger partial charge in [-0.3, -0.25) is 9.69 Å². The SMILES string of the molecule is Cc1ccccc1CNC(=O)CN1CCc2sccc2C1c1ccccc1. The smallest absolute Gasteiger partial charge is 0.234 e. The number of nitrogens with one attached hydrogen (secondary N) is 1. The number of thiophene rings is 1. The van der Waals surface area contributed by atoms with E-state index in [-0.39, 0.29) is 11.9 Å².